The summed E-state index contributed by atoms with van der Waals surface area (Å²) in [5.74, 6) is 1.93. The summed E-state index contributed by atoms with van der Waals surface area (Å²) in [5, 5.41) is 21.3. The SMILES string of the molecule is O=C(O)c1nnc2ccccc2c1NCC1CCSCC1. The highest BCUT2D eigenvalue weighted by atomic mass is 32.2. The molecule has 0 bridgehead atoms. The van der Waals surface area contributed by atoms with Gasteiger partial charge in [-0.15, -0.1) is 10.2 Å². The Morgan fingerprint density at radius 2 is 2.05 bits per heavy atom. The summed E-state index contributed by atoms with van der Waals surface area (Å²) >= 11 is 1.99. The molecule has 1 aromatic heterocycles. The van der Waals surface area contributed by atoms with E-state index in [1.54, 1.807) is 0 Å². The predicted octanol–water partition coefficient (Wildman–Crippen LogP) is 2.88. The van der Waals surface area contributed by atoms with Gasteiger partial charge in [0.1, 0.15) is 0 Å². The number of anilines is 1. The normalized spacial score (nSPS) is 16.0. The number of thioether (sulfide) groups is 1. The Morgan fingerprint density at radius 1 is 1.29 bits per heavy atom. The second-order valence-electron chi connectivity index (χ2n) is 5.18. The molecule has 110 valence electrons. The minimum Gasteiger partial charge on any atom is -0.476 e. The molecule has 0 spiro atoms. The minimum atomic E-state index is -1.05. The quantitative estimate of drug-likeness (QED) is 0.904. The lowest BCUT2D eigenvalue weighted by atomic mass is 10.0. The minimum absolute atomic E-state index is 0.00103. The van der Waals surface area contributed by atoms with E-state index in [1.165, 1.54) is 24.3 Å². The number of benzene rings is 1. The molecule has 2 aromatic rings. The van der Waals surface area contributed by atoms with Gasteiger partial charge >= 0.3 is 5.97 Å². The van der Waals surface area contributed by atoms with Gasteiger partial charge in [-0.05, 0) is 36.3 Å². The Morgan fingerprint density at radius 3 is 2.81 bits per heavy atom. The van der Waals surface area contributed by atoms with E-state index in [1.807, 2.05) is 36.0 Å². The number of nitrogens with zero attached hydrogens (tertiary/aromatic N) is 2. The van der Waals surface area contributed by atoms with Crippen LogP contribution in [0.1, 0.15) is 23.3 Å². The number of rotatable bonds is 4. The van der Waals surface area contributed by atoms with E-state index in [9.17, 15) is 9.90 Å². The van der Waals surface area contributed by atoms with Crippen LogP contribution in [0.15, 0.2) is 24.3 Å². The van der Waals surface area contributed by atoms with Crippen LogP contribution in [0, 0.1) is 5.92 Å². The summed E-state index contributed by atoms with van der Waals surface area (Å²) in [6.45, 7) is 0.788. The monoisotopic (exact) mass is 303 g/mol. The molecule has 1 aliphatic rings. The van der Waals surface area contributed by atoms with Crippen molar-refractivity contribution in [3.8, 4) is 0 Å². The zero-order valence-corrected chi connectivity index (χ0v) is 12.4. The molecule has 6 heteroatoms. The van der Waals surface area contributed by atoms with E-state index in [0.29, 0.717) is 17.1 Å². The third-order valence-corrected chi connectivity index (χ3v) is 4.83. The summed E-state index contributed by atoms with van der Waals surface area (Å²) < 4.78 is 0. The molecule has 2 N–H and O–H groups in total. The maximum atomic E-state index is 11.4. The van der Waals surface area contributed by atoms with Gasteiger partial charge in [-0.1, -0.05) is 18.2 Å². The van der Waals surface area contributed by atoms with Crippen molar-refractivity contribution in [3.05, 3.63) is 30.0 Å². The smallest absolute Gasteiger partial charge is 0.358 e. The van der Waals surface area contributed by atoms with Crippen molar-refractivity contribution in [3.63, 3.8) is 0 Å². The fourth-order valence-electron chi connectivity index (χ4n) is 2.58. The van der Waals surface area contributed by atoms with Gasteiger partial charge in [-0.3, -0.25) is 0 Å². The summed E-state index contributed by atoms with van der Waals surface area (Å²) in [6, 6.07) is 7.49. The van der Waals surface area contributed by atoms with E-state index in [-0.39, 0.29) is 5.69 Å². The Labute approximate surface area is 127 Å². The molecule has 1 aliphatic heterocycles. The molecule has 3 rings (SSSR count). The topological polar surface area (TPSA) is 75.1 Å². The largest absolute Gasteiger partial charge is 0.476 e. The summed E-state index contributed by atoms with van der Waals surface area (Å²) in [5.41, 5.74) is 1.30. The molecule has 1 aromatic carbocycles. The average molecular weight is 303 g/mol. The van der Waals surface area contributed by atoms with Gasteiger partial charge in [-0.25, -0.2) is 4.79 Å². The van der Waals surface area contributed by atoms with Crippen molar-refractivity contribution in [2.75, 3.05) is 23.4 Å². The van der Waals surface area contributed by atoms with Crippen molar-refractivity contribution >= 4 is 34.3 Å². The van der Waals surface area contributed by atoms with Crippen LogP contribution in [0.4, 0.5) is 5.69 Å². The summed E-state index contributed by atoms with van der Waals surface area (Å²) in [7, 11) is 0. The first-order valence-electron chi connectivity index (χ1n) is 7.06. The molecule has 0 aliphatic carbocycles. The Hall–Kier alpha value is -1.82. The maximum absolute atomic E-state index is 11.4. The van der Waals surface area contributed by atoms with Crippen LogP contribution in [0.25, 0.3) is 10.9 Å². The molecule has 5 nitrogen and oxygen atoms in total. The summed E-state index contributed by atoms with van der Waals surface area (Å²) in [6.07, 6.45) is 2.35. The molecule has 0 unspecified atom stereocenters. The van der Waals surface area contributed by atoms with Gasteiger partial charge < -0.3 is 10.4 Å². The fourth-order valence-corrected chi connectivity index (χ4v) is 3.78. The van der Waals surface area contributed by atoms with E-state index in [2.05, 4.69) is 15.5 Å². The molecule has 2 heterocycles. The fraction of sp³-hybridized carbons (Fsp3) is 0.400. The lowest BCUT2D eigenvalue weighted by Gasteiger charge is -2.22. The van der Waals surface area contributed by atoms with Crippen LogP contribution in [-0.2, 0) is 0 Å². The van der Waals surface area contributed by atoms with E-state index >= 15 is 0 Å². The predicted molar refractivity (Wildman–Crippen MR) is 85.0 cm³/mol. The molecule has 0 radical (unpaired) electrons. The average Bonchev–Trinajstić information content (AvgIpc) is 2.53. The van der Waals surface area contributed by atoms with Crippen LogP contribution < -0.4 is 5.32 Å². The Kier molecular flexibility index (Phi) is 4.24. The number of aromatic nitrogens is 2. The van der Waals surface area contributed by atoms with Crippen LogP contribution in [0.5, 0.6) is 0 Å². The Balaban J connectivity index is 1.90. The van der Waals surface area contributed by atoms with Crippen molar-refractivity contribution in [2.24, 2.45) is 5.92 Å². The number of carboxylic acid groups (broad SMARTS) is 1. The van der Waals surface area contributed by atoms with Crippen molar-refractivity contribution < 1.29 is 9.90 Å². The van der Waals surface area contributed by atoms with Gasteiger partial charge in [0.2, 0.25) is 0 Å². The summed E-state index contributed by atoms with van der Waals surface area (Å²) in [4.78, 5) is 11.4. The van der Waals surface area contributed by atoms with Crippen molar-refractivity contribution in [2.45, 2.75) is 12.8 Å². The molecule has 0 atom stereocenters. The van der Waals surface area contributed by atoms with Gasteiger partial charge in [0.25, 0.3) is 0 Å². The number of hydrogen-bond acceptors (Lipinski definition) is 5. The van der Waals surface area contributed by atoms with Gasteiger partial charge in [0.05, 0.1) is 11.2 Å². The van der Waals surface area contributed by atoms with Crippen molar-refractivity contribution in [1.29, 1.82) is 0 Å². The van der Waals surface area contributed by atoms with Crippen LogP contribution in [0.3, 0.4) is 0 Å². The molecule has 1 fully saturated rings. The Bertz CT molecular complexity index is 656. The number of carboxylic acids is 1. The number of carbonyl (C=O) groups is 1. The van der Waals surface area contributed by atoms with Gasteiger partial charge in [-0.2, -0.15) is 11.8 Å². The molecule has 0 saturated carbocycles. The van der Waals surface area contributed by atoms with E-state index < -0.39 is 5.97 Å². The first-order valence-corrected chi connectivity index (χ1v) is 8.21. The molecular weight excluding hydrogens is 286 g/mol. The highest BCUT2D eigenvalue weighted by Gasteiger charge is 2.19. The van der Waals surface area contributed by atoms with Gasteiger partial charge in [0.15, 0.2) is 5.69 Å². The zero-order valence-electron chi connectivity index (χ0n) is 11.6. The van der Waals surface area contributed by atoms with Gasteiger partial charge in [0, 0.05) is 11.9 Å². The molecule has 1 saturated heterocycles. The van der Waals surface area contributed by atoms with Crippen molar-refractivity contribution in [1.82, 2.24) is 10.2 Å². The lowest BCUT2D eigenvalue weighted by Crippen LogP contribution is -2.21. The molecule has 0 amide bonds. The third-order valence-electron chi connectivity index (χ3n) is 3.78. The number of nitrogens with one attached hydrogen (secondary N) is 1. The highest BCUT2D eigenvalue weighted by Crippen LogP contribution is 2.27. The van der Waals surface area contributed by atoms with Crippen LogP contribution in [-0.4, -0.2) is 39.3 Å². The number of fused-ring (bicyclic) bond motifs is 1. The third kappa shape index (κ3) is 3.10. The first kappa shape index (κ1) is 14.1. The van der Waals surface area contributed by atoms with E-state index in [0.717, 1.165) is 11.9 Å². The van der Waals surface area contributed by atoms with Crippen LogP contribution in [0.2, 0.25) is 0 Å². The second-order valence-corrected chi connectivity index (χ2v) is 6.41. The zero-order chi connectivity index (χ0) is 14.7. The maximum Gasteiger partial charge on any atom is 0.358 e. The standard InChI is InChI=1S/C15H17N3O2S/c19-15(20)14-13(16-9-10-5-7-21-8-6-10)11-3-1-2-4-12(11)17-18-14/h1-4,10H,5-9H2,(H,16,17)(H,19,20). The lowest BCUT2D eigenvalue weighted by molar-refractivity contribution is 0.0690. The van der Waals surface area contributed by atoms with Crippen LogP contribution >= 0.6 is 11.8 Å². The van der Waals surface area contributed by atoms with E-state index in [4.69, 9.17) is 0 Å². The first-order chi connectivity index (χ1) is 10.3. The number of hydrogen-bond donors (Lipinski definition) is 2. The second kappa shape index (κ2) is 6.30. The molecule has 21 heavy (non-hydrogen) atoms. The number of aromatic carboxylic acids is 1. The molecular formula is C15H17N3O2S. The highest BCUT2D eigenvalue weighted by molar-refractivity contribution is 7.99.